The van der Waals surface area contributed by atoms with Gasteiger partial charge in [-0.15, -0.1) is 0 Å². The SMILES string of the molecule is COc1cc(N)cc(C(O)C(O)CC(=O)O)c1. The van der Waals surface area contributed by atoms with E-state index in [1.54, 1.807) is 6.07 Å². The van der Waals surface area contributed by atoms with Crippen LogP contribution in [0.2, 0.25) is 0 Å². The van der Waals surface area contributed by atoms with Crippen LogP contribution < -0.4 is 10.5 Å². The molecule has 0 radical (unpaired) electrons. The Hall–Kier alpha value is -1.79. The minimum absolute atomic E-state index is 0.315. The van der Waals surface area contributed by atoms with E-state index in [2.05, 4.69) is 0 Å². The lowest BCUT2D eigenvalue weighted by atomic mass is 10.0. The zero-order valence-corrected chi connectivity index (χ0v) is 9.33. The number of aliphatic hydroxyl groups is 2. The summed E-state index contributed by atoms with van der Waals surface area (Å²) in [5.41, 5.74) is 6.26. The number of nitrogen functional groups attached to an aromatic ring is 1. The number of carboxylic acid groups (broad SMARTS) is 1. The van der Waals surface area contributed by atoms with Crippen LogP contribution >= 0.6 is 0 Å². The van der Waals surface area contributed by atoms with Gasteiger partial charge in [-0.3, -0.25) is 4.79 Å². The molecule has 2 atom stereocenters. The first-order chi connectivity index (χ1) is 7.93. The Kier molecular flexibility index (Phi) is 4.30. The molecule has 0 fully saturated rings. The second-order valence-electron chi connectivity index (χ2n) is 3.65. The molecule has 0 aliphatic rings. The zero-order valence-electron chi connectivity index (χ0n) is 9.33. The van der Waals surface area contributed by atoms with Gasteiger partial charge in [0.1, 0.15) is 11.9 Å². The summed E-state index contributed by atoms with van der Waals surface area (Å²) in [6.45, 7) is 0. The molecule has 6 nitrogen and oxygen atoms in total. The zero-order chi connectivity index (χ0) is 13.0. The molecule has 0 bridgehead atoms. The van der Waals surface area contributed by atoms with Gasteiger partial charge in [0.05, 0.1) is 19.6 Å². The molecule has 17 heavy (non-hydrogen) atoms. The van der Waals surface area contributed by atoms with Crippen molar-refractivity contribution in [2.24, 2.45) is 0 Å². The smallest absolute Gasteiger partial charge is 0.306 e. The molecule has 0 aliphatic carbocycles. The number of carbonyl (C=O) groups is 1. The third kappa shape index (κ3) is 3.61. The number of carboxylic acids is 1. The molecule has 2 unspecified atom stereocenters. The fourth-order valence-corrected chi connectivity index (χ4v) is 1.45. The van der Waals surface area contributed by atoms with E-state index in [9.17, 15) is 15.0 Å². The number of methoxy groups -OCH3 is 1. The maximum atomic E-state index is 10.4. The van der Waals surface area contributed by atoms with Gasteiger partial charge in [0, 0.05) is 11.8 Å². The Bertz CT molecular complexity index is 407. The number of aliphatic carboxylic acids is 1. The van der Waals surface area contributed by atoms with Crippen LogP contribution in [0, 0.1) is 0 Å². The summed E-state index contributed by atoms with van der Waals surface area (Å²) in [6, 6.07) is 4.50. The van der Waals surface area contributed by atoms with Crippen LogP contribution in [-0.2, 0) is 4.79 Å². The number of rotatable bonds is 5. The van der Waals surface area contributed by atoms with E-state index >= 15 is 0 Å². The average Bonchev–Trinajstić information content (AvgIpc) is 2.26. The van der Waals surface area contributed by atoms with Crippen LogP contribution in [-0.4, -0.2) is 34.5 Å². The van der Waals surface area contributed by atoms with Gasteiger partial charge in [-0.05, 0) is 17.7 Å². The standard InChI is InChI=1S/C11H15NO5/c1-17-8-3-6(2-7(12)4-8)11(16)9(13)5-10(14)15/h2-4,9,11,13,16H,5,12H2,1H3,(H,14,15). The molecule has 1 aromatic carbocycles. The maximum Gasteiger partial charge on any atom is 0.306 e. The van der Waals surface area contributed by atoms with Gasteiger partial charge in [-0.25, -0.2) is 0 Å². The summed E-state index contributed by atoms with van der Waals surface area (Å²) in [5, 5.41) is 27.8. The first kappa shape index (κ1) is 13.3. The molecule has 0 saturated carbocycles. The summed E-state index contributed by atoms with van der Waals surface area (Å²) in [4.78, 5) is 10.4. The number of hydrogen-bond acceptors (Lipinski definition) is 5. The third-order valence-corrected chi connectivity index (χ3v) is 2.28. The Morgan fingerprint density at radius 1 is 1.41 bits per heavy atom. The summed E-state index contributed by atoms with van der Waals surface area (Å²) in [7, 11) is 1.44. The lowest BCUT2D eigenvalue weighted by molar-refractivity contribution is -0.141. The minimum atomic E-state index is -1.39. The maximum absolute atomic E-state index is 10.4. The number of ether oxygens (including phenoxy) is 1. The molecule has 94 valence electrons. The first-order valence-electron chi connectivity index (χ1n) is 4.96. The van der Waals surface area contributed by atoms with E-state index in [4.69, 9.17) is 15.6 Å². The predicted molar refractivity (Wildman–Crippen MR) is 60.6 cm³/mol. The van der Waals surface area contributed by atoms with Gasteiger partial charge >= 0.3 is 5.97 Å². The molecule has 0 aliphatic heterocycles. The van der Waals surface area contributed by atoms with Crippen molar-refractivity contribution in [3.8, 4) is 5.75 Å². The number of aliphatic hydroxyl groups excluding tert-OH is 2. The molecule has 6 heteroatoms. The molecule has 1 aromatic rings. The van der Waals surface area contributed by atoms with Crippen LogP contribution in [0.3, 0.4) is 0 Å². The van der Waals surface area contributed by atoms with Crippen LogP contribution in [0.1, 0.15) is 18.1 Å². The molecule has 0 spiro atoms. The molecule has 1 rings (SSSR count). The Morgan fingerprint density at radius 3 is 2.59 bits per heavy atom. The largest absolute Gasteiger partial charge is 0.497 e. The topological polar surface area (TPSA) is 113 Å². The van der Waals surface area contributed by atoms with Crippen molar-refractivity contribution in [2.45, 2.75) is 18.6 Å². The molecule has 5 N–H and O–H groups in total. The Labute approximate surface area is 98.3 Å². The minimum Gasteiger partial charge on any atom is -0.497 e. The summed E-state index contributed by atoms with van der Waals surface area (Å²) < 4.78 is 4.96. The lowest BCUT2D eigenvalue weighted by Gasteiger charge is -2.17. The second kappa shape index (κ2) is 5.51. The predicted octanol–water partition coefficient (Wildman–Crippen LogP) is 0.146. The highest BCUT2D eigenvalue weighted by Gasteiger charge is 2.21. The van der Waals surface area contributed by atoms with Crippen molar-refractivity contribution in [1.82, 2.24) is 0 Å². The van der Waals surface area contributed by atoms with Crippen molar-refractivity contribution < 1.29 is 24.9 Å². The van der Waals surface area contributed by atoms with Crippen LogP contribution in [0.15, 0.2) is 18.2 Å². The van der Waals surface area contributed by atoms with Crippen molar-refractivity contribution >= 4 is 11.7 Å². The highest BCUT2D eigenvalue weighted by molar-refractivity contribution is 5.67. The first-order valence-corrected chi connectivity index (χ1v) is 4.96. The van der Waals surface area contributed by atoms with E-state index in [0.717, 1.165) is 0 Å². The quantitative estimate of drug-likeness (QED) is 0.546. The van der Waals surface area contributed by atoms with Gasteiger partial charge in [-0.2, -0.15) is 0 Å². The highest BCUT2D eigenvalue weighted by atomic mass is 16.5. The molecule has 0 aromatic heterocycles. The Balaban J connectivity index is 2.91. The fourth-order valence-electron chi connectivity index (χ4n) is 1.45. The molecular formula is C11H15NO5. The van der Waals surface area contributed by atoms with E-state index < -0.39 is 24.6 Å². The van der Waals surface area contributed by atoms with Gasteiger partial charge in [-0.1, -0.05) is 0 Å². The second-order valence-corrected chi connectivity index (χ2v) is 3.65. The van der Waals surface area contributed by atoms with Gasteiger partial charge in [0.25, 0.3) is 0 Å². The summed E-state index contributed by atoms with van der Waals surface area (Å²) in [6.07, 6.45) is -3.25. The average molecular weight is 241 g/mol. The molecule has 0 heterocycles. The van der Waals surface area contributed by atoms with E-state index in [-0.39, 0.29) is 0 Å². The van der Waals surface area contributed by atoms with E-state index in [0.29, 0.717) is 17.0 Å². The number of nitrogens with two attached hydrogens (primary N) is 1. The third-order valence-electron chi connectivity index (χ3n) is 2.28. The van der Waals surface area contributed by atoms with E-state index in [1.165, 1.54) is 19.2 Å². The monoisotopic (exact) mass is 241 g/mol. The summed E-state index contributed by atoms with van der Waals surface area (Å²) >= 11 is 0. The van der Waals surface area contributed by atoms with Crippen molar-refractivity contribution in [3.05, 3.63) is 23.8 Å². The number of benzene rings is 1. The van der Waals surface area contributed by atoms with Crippen molar-refractivity contribution in [3.63, 3.8) is 0 Å². The summed E-state index contributed by atoms with van der Waals surface area (Å²) in [5.74, 6) is -0.756. The lowest BCUT2D eigenvalue weighted by Crippen LogP contribution is -2.21. The normalized spacial score (nSPS) is 14.1. The van der Waals surface area contributed by atoms with Crippen molar-refractivity contribution in [2.75, 3.05) is 12.8 Å². The molecular weight excluding hydrogens is 226 g/mol. The van der Waals surface area contributed by atoms with Crippen LogP contribution in [0.4, 0.5) is 5.69 Å². The van der Waals surface area contributed by atoms with Gasteiger partial charge in [0.15, 0.2) is 0 Å². The van der Waals surface area contributed by atoms with Crippen LogP contribution in [0.25, 0.3) is 0 Å². The fraction of sp³-hybridized carbons (Fsp3) is 0.364. The number of anilines is 1. The van der Waals surface area contributed by atoms with Gasteiger partial charge < -0.3 is 25.8 Å². The van der Waals surface area contributed by atoms with Crippen molar-refractivity contribution in [1.29, 1.82) is 0 Å². The highest BCUT2D eigenvalue weighted by Crippen LogP contribution is 2.26. The van der Waals surface area contributed by atoms with Crippen LogP contribution in [0.5, 0.6) is 5.75 Å². The molecule has 0 amide bonds. The number of hydrogen-bond donors (Lipinski definition) is 4. The van der Waals surface area contributed by atoms with Gasteiger partial charge in [0.2, 0.25) is 0 Å². The molecule has 0 saturated heterocycles. The Morgan fingerprint density at radius 2 is 2.06 bits per heavy atom. The van der Waals surface area contributed by atoms with E-state index in [1.807, 2.05) is 0 Å².